The number of ether oxygens (including phenoxy) is 1. The first-order chi connectivity index (χ1) is 12.3. The third-order valence-corrected chi connectivity index (χ3v) is 5.04. The molecule has 1 saturated heterocycles. The molecule has 1 fully saturated rings. The second-order valence-electron chi connectivity index (χ2n) is 6.31. The van der Waals surface area contributed by atoms with E-state index in [0.717, 1.165) is 19.4 Å². The molecule has 4 rings (SSSR count). The van der Waals surface area contributed by atoms with E-state index in [4.69, 9.17) is 21.9 Å². The maximum atomic E-state index is 5.76. The van der Waals surface area contributed by atoms with Crippen molar-refractivity contribution >= 4 is 23.4 Å². The van der Waals surface area contributed by atoms with Gasteiger partial charge < -0.3 is 10.1 Å². The quantitative estimate of drug-likeness (QED) is 0.860. The van der Waals surface area contributed by atoms with Gasteiger partial charge in [-0.15, -0.1) is 0 Å². The van der Waals surface area contributed by atoms with E-state index in [-0.39, 0.29) is 6.04 Å². The second-order valence-corrected chi connectivity index (χ2v) is 6.70. The summed E-state index contributed by atoms with van der Waals surface area (Å²) >= 11 is 5.56. The highest BCUT2D eigenvalue weighted by Crippen LogP contribution is 2.34. The molecule has 128 valence electrons. The molecule has 1 heterocycles. The summed E-state index contributed by atoms with van der Waals surface area (Å²) < 4.78 is 5.76. The van der Waals surface area contributed by atoms with Crippen LogP contribution in [0, 0.1) is 0 Å². The van der Waals surface area contributed by atoms with Crippen molar-refractivity contribution < 1.29 is 4.74 Å². The van der Waals surface area contributed by atoms with Crippen LogP contribution in [0.5, 0.6) is 0 Å². The molecular formula is C20H21N3OS. The van der Waals surface area contributed by atoms with E-state index in [2.05, 4.69) is 41.7 Å². The molecule has 1 aliphatic heterocycles. The van der Waals surface area contributed by atoms with E-state index in [0.29, 0.717) is 24.3 Å². The number of nitrogens with zero attached hydrogens (tertiary/aromatic N) is 2. The van der Waals surface area contributed by atoms with Crippen LogP contribution in [0.3, 0.4) is 0 Å². The van der Waals surface area contributed by atoms with Gasteiger partial charge in [0.2, 0.25) is 0 Å². The van der Waals surface area contributed by atoms with Crippen LogP contribution in [0.4, 0.5) is 0 Å². The summed E-state index contributed by atoms with van der Waals surface area (Å²) in [7, 11) is 0. The van der Waals surface area contributed by atoms with Gasteiger partial charge in [0.05, 0.1) is 12.6 Å². The van der Waals surface area contributed by atoms with Gasteiger partial charge in [-0.25, -0.2) is 4.99 Å². The Balaban J connectivity index is 1.44. The van der Waals surface area contributed by atoms with Crippen LogP contribution in [-0.2, 0) is 17.7 Å². The summed E-state index contributed by atoms with van der Waals surface area (Å²) in [6.07, 6.45) is 2.11. The molecule has 0 bridgehead atoms. The molecule has 0 amide bonds. The van der Waals surface area contributed by atoms with Crippen molar-refractivity contribution in [2.75, 3.05) is 13.2 Å². The van der Waals surface area contributed by atoms with Gasteiger partial charge >= 0.3 is 0 Å². The van der Waals surface area contributed by atoms with Crippen molar-refractivity contribution in [2.24, 2.45) is 4.99 Å². The van der Waals surface area contributed by atoms with Crippen LogP contribution in [0.1, 0.15) is 29.2 Å². The number of aryl methyl sites for hydroxylation is 1. The number of hydrogen-bond acceptors (Lipinski definition) is 3. The molecule has 1 N–H and O–H groups in total. The first kappa shape index (κ1) is 16.1. The molecule has 1 aliphatic carbocycles. The van der Waals surface area contributed by atoms with Crippen LogP contribution in [-0.4, -0.2) is 29.2 Å². The number of aliphatic imine (C=N–C) groups is 1. The van der Waals surface area contributed by atoms with Crippen LogP contribution in [0.2, 0.25) is 0 Å². The second kappa shape index (κ2) is 7.23. The highest BCUT2D eigenvalue weighted by atomic mass is 32.1. The zero-order chi connectivity index (χ0) is 17.1. The van der Waals surface area contributed by atoms with Crippen molar-refractivity contribution in [3.05, 3.63) is 71.3 Å². The minimum Gasteiger partial charge on any atom is -0.463 e. The van der Waals surface area contributed by atoms with Crippen LogP contribution < -0.4 is 5.32 Å². The Bertz CT molecular complexity index is 791. The van der Waals surface area contributed by atoms with E-state index in [9.17, 15) is 0 Å². The molecule has 0 radical (unpaired) electrons. The fourth-order valence-electron chi connectivity index (χ4n) is 3.37. The molecule has 0 spiro atoms. The Morgan fingerprint density at radius 1 is 1.16 bits per heavy atom. The van der Waals surface area contributed by atoms with Gasteiger partial charge in [-0.3, -0.25) is 4.90 Å². The lowest BCUT2D eigenvalue weighted by molar-refractivity contribution is 0.348. The molecule has 0 aromatic heterocycles. The van der Waals surface area contributed by atoms with Crippen molar-refractivity contribution in [3.63, 3.8) is 0 Å². The third-order valence-electron chi connectivity index (χ3n) is 4.68. The van der Waals surface area contributed by atoms with Crippen molar-refractivity contribution in [1.29, 1.82) is 0 Å². The van der Waals surface area contributed by atoms with Crippen molar-refractivity contribution in [1.82, 2.24) is 10.2 Å². The molecule has 25 heavy (non-hydrogen) atoms. The van der Waals surface area contributed by atoms with Crippen LogP contribution in [0.25, 0.3) is 0 Å². The Morgan fingerprint density at radius 2 is 1.96 bits per heavy atom. The van der Waals surface area contributed by atoms with Crippen molar-refractivity contribution in [3.8, 4) is 0 Å². The van der Waals surface area contributed by atoms with Crippen molar-refractivity contribution in [2.45, 2.75) is 25.4 Å². The lowest BCUT2D eigenvalue weighted by Crippen LogP contribution is -2.40. The van der Waals surface area contributed by atoms with Gasteiger partial charge in [-0.1, -0.05) is 54.6 Å². The number of fused-ring (bicyclic) bond motifs is 1. The predicted molar refractivity (Wildman–Crippen MR) is 103 cm³/mol. The fraction of sp³-hybridized carbons (Fsp3) is 0.300. The molecule has 5 heteroatoms. The molecule has 0 unspecified atom stereocenters. The summed E-state index contributed by atoms with van der Waals surface area (Å²) in [5, 5.41) is 3.98. The fourth-order valence-corrected chi connectivity index (χ4v) is 3.61. The van der Waals surface area contributed by atoms with E-state index < -0.39 is 0 Å². The first-order valence-corrected chi connectivity index (χ1v) is 9.10. The molecule has 2 aromatic carbocycles. The summed E-state index contributed by atoms with van der Waals surface area (Å²) in [5.74, 6) is 0. The predicted octanol–water partition coefficient (Wildman–Crippen LogP) is 3.44. The maximum absolute atomic E-state index is 5.76. The standard InChI is InChI=1S/C20H21N3OS/c25-20(21-14-15-6-2-1-3-7-15)23-12-13-24-19(23)22-18-11-10-16-8-4-5-9-17(16)18/h1-9,18H,10-14H2,(H,21,25)/t18-/m0/s1. The molecule has 0 saturated carbocycles. The minimum atomic E-state index is 0.170. The smallest absolute Gasteiger partial charge is 0.294 e. The van der Waals surface area contributed by atoms with Gasteiger partial charge in [0.25, 0.3) is 6.02 Å². The Labute approximate surface area is 153 Å². The van der Waals surface area contributed by atoms with Crippen LogP contribution >= 0.6 is 12.2 Å². The lowest BCUT2D eigenvalue weighted by atomic mass is 10.1. The monoisotopic (exact) mass is 351 g/mol. The zero-order valence-electron chi connectivity index (χ0n) is 14.0. The normalized spacial score (nSPS) is 20.4. The largest absolute Gasteiger partial charge is 0.463 e. The van der Waals surface area contributed by atoms with Gasteiger partial charge in [-0.05, 0) is 41.7 Å². The van der Waals surface area contributed by atoms with E-state index in [1.54, 1.807) is 0 Å². The minimum absolute atomic E-state index is 0.170. The third kappa shape index (κ3) is 3.51. The Hall–Kier alpha value is -2.40. The van der Waals surface area contributed by atoms with E-state index in [1.807, 2.05) is 23.1 Å². The lowest BCUT2D eigenvalue weighted by Gasteiger charge is -2.19. The summed E-state index contributed by atoms with van der Waals surface area (Å²) in [6.45, 7) is 2.07. The number of nitrogens with one attached hydrogen (secondary N) is 1. The molecule has 2 aliphatic rings. The van der Waals surface area contributed by atoms with Gasteiger partial charge in [0, 0.05) is 6.54 Å². The van der Waals surface area contributed by atoms with Gasteiger partial charge in [0.15, 0.2) is 5.11 Å². The molecule has 2 aromatic rings. The van der Waals surface area contributed by atoms with E-state index in [1.165, 1.54) is 16.7 Å². The maximum Gasteiger partial charge on any atom is 0.294 e. The number of thiocarbonyl (C=S) groups is 1. The number of rotatable bonds is 3. The highest BCUT2D eigenvalue weighted by Gasteiger charge is 2.28. The molecule has 4 nitrogen and oxygen atoms in total. The Morgan fingerprint density at radius 3 is 2.84 bits per heavy atom. The average Bonchev–Trinajstić information content (AvgIpc) is 3.28. The first-order valence-electron chi connectivity index (χ1n) is 8.69. The summed E-state index contributed by atoms with van der Waals surface area (Å²) in [6, 6.07) is 19.6. The Kier molecular flexibility index (Phi) is 4.65. The topological polar surface area (TPSA) is 36.9 Å². The molecule has 1 atom stereocenters. The van der Waals surface area contributed by atoms with Gasteiger partial charge in [0.1, 0.15) is 6.61 Å². The van der Waals surface area contributed by atoms with Gasteiger partial charge in [-0.2, -0.15) is 0 Å². The highest BCUT2D eigenvalue weighted by molar-refractivity contribution is 7.80. The number of amidine groups is 1. The summed E-state index contributed by atoms with van der Waals surface area (Å²) in [4.78, 5) is 6.84. The SMILES string of the molecule is S=C(NCc1ccccc1)N1CCOC1=N[C@H]1CCc2ccccc21. The number of benzene rings is 2. The number of hydrogen-bond donors (Lipinski definition) is 1. The summed E-state index contributed by atoms with van der Waals surface area (Å²) in [5.41, 5.74) is 3.91. The van der Waals surface area contributed by atoms with E-state index >= 15 is 0 Å². The van der Waals surface area contributed by atoms with Crippen LogP contribution in [0.15, 0.2) is 59.6 Å². The molecular weight excluding hydrogens is 330 g/mol. The average molecular weight is 351 g/mol. The zero-order valence-corrected chi connectivity index (χ0v) is 14.8.